The van der Waals surface area contributed by atoms with E-state index in [2.05, 4.69) is 5.32 Å². The first-order chi connectivity index (χ1) is 14.3. The number of nitrogens with zero attached hydrogens (tertiary/aromatic N) is 1. The molecule has 0 radical (unpaired) electrons. The highest BCUT2D eigenvalue weighted by Gasteiger charge is 2.33. The van der Waals surface area contributed by atoms with Gasteiger partial charge >= 0.3 is 5.97 Å². The van der Waals surface area contributed by atoms with Crippen molar-refractivity contribution in [1.82, 2.24) is 9.62 Å². The van der Waals surface area contributed by atoms with Crippen LogP contribution in [0.25, 0.3) is 0 Å². The van der Waals surface area contributed by atoms with Crippen molar-refractivity contribution >= 4 is 21.9 Å². The van der Waals surface area contributed by atoms with E-state index in [1.807, 2.05) is 12.1 Å². The normalized spacial score (nSPS) is 18.5. The first kappa shape index (κ1) is 22.0. The number of carboxylic acid groups (broad SMARTS) is 1. The van der Waals surface area contributed by atoms with Gasteiger partial charge in [0, 0.05) is 13.1 Å². The van der Waals surface area contributed by atoms with Gasteiger partial charge in [0.15, 0.2) is 0 Å². The molecule has 1 fully saturated rings. The second-order valence-corrected chi connectivity index (χ2v) is 9.48. The van der Waals surface area contributed by atoms with Gasteiger partial charge in [0.05, 0.1) is 24.1 Å². The summed E-state index contributed by atoms with van der Waals surface area (Å²) >= 11 is 0. The molecule has 2 aromatic rings. The molecule has 0 unspecified atom stereocenters. The maximum absolute atomic E-state index is 12.9. The average molecular weight is 431 g/mol. The lowest BCUT2D eigenvalue weighted by molar-refractivity contribution is -0.138. The van der Waals surface area contributed by atoms with Crippen LogP contribution in [-0.2, 0) is 25.4 Å². The van der Waals surface area contributed by atoms with E-state index in [0.717, 1.165) is 0 Å². The minimum atomic E-state index is -3.54. The SMILES string of the molecule is O=C(O)C[C@@H](NC(=O)[C@H]1CCCN(S(=O)(=O)Cc2ccccc2)C1)c1ccccc1. The number of benzene rings is 2. The van der Waals surface area contributed by atoms with Gasteiger partial charge in [-0.15, -0.1) is 0 Å². The van der Waals surface area contributed by atoms with Gasteiger partial charge in [0.25, 0.3) is 0 Å². The van der Waals surface area contributed by atoms with Gasteiger partial charge in [0.1, 0.15) is 0 Å². The standard InChI is InChI=1S/C22H26N2O5S/c25-21(26)14-20(18-10-5-2-6-11-18)23-22(27)19-12-7-13-24(15-19)30(28,29)16-17-8-3-1-4-9-17/h1-6,8-11,19-20H,7,12-16H2,(H,23,27)(H,25,26)/t19-,20+/m0/s1. The van der Waals surface area contributed by atoms with E-state index in [0.29, 0.717) is 30.5 Å². The molecule has 1 amide bonds. The zero-order valence-electron chi connectivity index (χ0n) is 16.6. The number of aliphatic carboxylic acids is 1. The number of hydrogen-bond donors (Lipinski definition) is 2. The summed E-state index contributed by atoms with van der Waals surface area (Å²) in [5.41, 5.74) is 1.41. The van der Waals surface area contributed by atoms with Crippen LogP contribution in [0.4, 0.5) is 0 Å². The molecular weight excluding hydrogens is 404 g/mol. The number of rotatable bonds is 8. The predicted octanol–water partition coefficient (Wildman–Crippen LogP) is 2.56. The Bertz CT molecular complexity index is 964. The van der Waals surface area contributed by atoms with Gasteiger partial charge in [-0.1, -0.05) is 60.7 Å². The Morgan fingerprint density at radius 1 is 1.07 bits per heavy atom. The first-order valence-electron chi connectivity index (χ1n) is 9.94. The van der Waals surface area contributed by atoms with Crippen LogP contribution in [0.2, 0.25) is 0 Å². The van der Waals surface area contributed by atoms with Crippen LogP contribution in [0.5, 0.6) is 0 Å². The number of carbonyl (C=O) groups is 2. The molecule has 1 aliphatic heterocycles. The summed E-state index contributed by atoms with van der Waals surface area (Å²) in [7, 11) is -3.54. The topological polar surface area (TPSA) is 104 Å². The van der Waals surface area contributed by atoms with Gasteiger partial charge in [-0.05, 0) is 24.0 Å². The summed E-state index contributed by atoms with van der Waals surface area (Å²) in [5.74, 6) is -1.94. The second kappa shape index (κ2) is 9.86. The third-order valence-corrected chi connectivity index (χ3v) is 7.05. The maximum Gasteiger partial charge on any atom is 0.305 e. The van der Waals surface area contributed by atoms with Crippen molar-refractivity contribution in [3.63, 3.8) is 0 Å². The molecule has 7 nitrogen and oxygen atoms in total. The zero-order chi connectivity index (χ0) is 21.6. The number of carbonyl (C=O) groups excluding carboxylic acids is 1. The van der Waals surface area contributed by atoms with Crippen LogP contribution in [-0.4, -0.2) is 42.8 Å². The highest BCUT2D eigenvalue weighted by Crippen LogP contribution is 2.24. The molecule has 30 heavy (non-hydrogen) atoms. The lowest BCUT2D eigenvalue weighted by atomic mass is 9.97. The highest BCUT2D eigenvalue weighted by molar-refractivity contribution is 7.88. The van der Waals surface area contributed by atoms with Crippen molar-refractivity contribution in [3.05, 3.63) is 71.8 Å². The van der Waals surface area contributed by atoms with Crippen molar-refractivity contribution in [3.8, 4) is 0 Å². The van der Waals surface area contributed by atoms with Crippen LogP contribution in [0.1, 0.15) is 36.4 Å². The monoisotopic (exact) mass is 430 g/mol. The van der Waals surface area contributed by atoms with Crippen molar-refractivity contribution in [2.75, 3.05) is 13.1 Å². The Kier molecular flexibility index (Phi) is 7.23. The maximum atomic E-state index is 12.9. The average Bonchev–Trinajstić information content (AvgIpc) is 2.74. The number of nitrogens with one attached hydrogen (secondary N) is 1. The summed E-state index contributed by atoms with van der Waals surface area (Å²) in [6.07, 6.45) is 0.914. The quantitative estimate of drug-likeness (QED) is 0.670. The van der Waals surface area contributed by atoms with Gasteiger partial charge in [-0.2, -0.15) is 0 Å². The molecule has 1 heterocycles. The fourth-order valence-corrected chi connectivity index (χ4v) is 5.30. The fourth-order valence-electron chi connectivity index (χ4n) is 3.69. The molecule has 2 aromatic carbocycles. The number of carboxylic acids is 1. The van der Waals surface area contributed by atoms with Crippen LogP contribution in [0.15, 0.2) is 60.7 Å². The molecule has 2 atom stereocenters. The van der Waals surface area contributed by atoms with E-state index in [4.69, 9.17) is 0 Å². The molecule has 160 valence electrons. The third kappa shape index (κ3) is 5.90. The minimum absolute atomic E-state index is 0.103. The number of sulfonamides is 1. The summed E-state index contributed by atoms with van der Waals surface area (Å²) in [6.45, 7) is 0.492. The molecule has 1 aliphatic rings. The fraction of sp³-hybridized carbons (Fsp3) is 0.364. The summed E-state index contributed by atoms with van der Waals surface area (Å²) < 4.78 is 27.0. The smallest absolute Gasteiger partial charge is 0.305 e. The molecule has 2 N–H and O–H groups in total. The molecule has 3 rings (SSSR count). The van der Waals surface area contributed by atoms with E-state index in [1.165, 1.54) is 4.31 Å². The predicted molar refractivity (Wildman–Crippen MR) is 113 cm³/mol. The molecule has 0 bridgehead atoms. The van der Waals surface area contributed by atoms with Crippen molar-refractivity contribution in [2.45, 2.75) is 31.1 Å². The molecule has 1 saturated heterocycles. The van der Waals surface area contributed by atoms with Crippen LogP contribution in [0, 0.1) is 5.92 Å². The zero-order valence-corrected chi connectivity index (χ0v) is 17.4. The largest absolute Gasteiger partial charge is 0.481 e. The van der Waals surface area contributed by atoms with Crippen molar-refractivity contribution in [1.29, 1.82) is 0 Å². The van der Waals surface area contributed by atoms with Crippen molar-refractivity contribution in [2.24, 2.45) is 5.92 Å². The van der Waals surface area contributed by atoms with E-state index in [9.17, 15) is 23.1 Å². The summed E-state index contributed by atoms with van der Waals surface area (Å²) in [6, 6.07) is 17.2. The molecule has 0 aliphatic carbocycles. The number of hydrogen-bond acceptors (Lipinski definition) is 4. The van der Waals surface area contributed by atoms with Crippen molar-refractivity contribution < 1.29 is 23.1 Å². The molecule has 0 aromatic heterocycles. The number of piperidine rings is 1. The van der Waals surface area contributed by atoms with E-state index < -0.39 is 28.0 Å². The first-order valence-corrected chi connectivity index (χ1v) is 11.5. The Morgan fingerprint density at radius 2 is 1.70 bits per heavy atom. The van der Waals surface area contributed by atoms with Crippen LogP contribution < -0.4 is 5.32 Å². The molecule has 0 saturated carbocycles. The molecule has 8 heteroatoms. The lowest BCUT2D eigenvalue weighted by Gasteiger charge is -2.32. The van der Waals surface area contributed by atoms with Gasteiger partial charge in [-0.3, -0.25) is 9.59 Å². The summed E-state index contributed by atoms with van der Waals surface area (Å²) in [5, 5.41) is 12.0. The van der Waals surface area contributed by atoms with Crippen LogP contribution in [0.3, 0.4) is 0 Å². The lowest BCUT2D eigenvalue weighted by Crippen LogP contribution is -2.46. The van der Waals surface area contributed by atoms with Gasteiger partial charge in [0.2, 0.25) is 15.9 Å². The second-order valence-electron chi connectivity index (χ2n) is 7.51. The summed E-state index contributed by atoms with van der Waals surface area (Å²) in [4.78, 5) is 24.1. The Morgan fingerprint density at radius 3 is 2.33 bits per heavy atom. The van der Waals surface area contributed by atoms with E-state index in [-0.39, 0.29) is 24.6 Å². The van der Waals surface area contributed by atoms with Gasteiger partial charge < -0.3 is 10.4 Å². The van der Waals surface area contributed by atoms with E-state index >= 15 is 0 Å². The Balaban J connectivity index is 1.67. The van der Waals surface area contributed by atoms with Gasteiger partial charge in [-0.25, -0.2) is 12.7 Å². The highest BCUT2D eigenvalue weighted by atomic mass is 32.2. The molecular formula is C22H26N2O5S. The van der Waals surface area contributed by atoms with Crippen LogP contribution >= 0.6 is 0 Å². The number of amides is 1. The Hall–Kier alpha value is -2.71. The van der Waals surface area contributed by atoms with E-state index in [1.54, 1.807) is 48.5 Å². The minimum Gasteiger partial charge on any atom is -0.481 e. The third-order valence-electron chi connectivity index (χ3n) is 5.24. The Labute approximate surface area is 176 Å². The molecule has 0 spiro atoms.